The first-order valence-corrected chi connectivity index (χ1v) is 36.5. The number of benzene rings is 4. The second-order valence-corrected chi connectivity index (χ2v) is 26.6. The van der Waals surface area contributed by atoms with Gasteiger partial charge in [0.15, 0.2) is 0 Å². The minimum atomic E-state index is -1.78. The number of fused-ring (bicyclic) bond motifs is 1. The number of hydrogen-bond acceptors (Lipinski definition) is 23. The number of rotatable bonds is 57. The van der Waals surface area contributed by atoms with Crippen molar-refractivity contribution in [2.75, 3.05) is 77.7 Å². The van der Waals surface area contributed by atoms with E-state index in [9.17, 15) is 122 Å². The number of anilines is 1. The highest BCUT2D eigenvalue weighted by molar-refractivity contribution is 6.37. The van der Waals surface area contributed by atoms with Gasteiger partial charge in [0.25, 0.3) is 0 Å². The molecule has 22 N–H and O–H groups in total. The van der Waals surface area contributed by atoms with Gasteiger partial charge in [-0.15, -0.1) is 0 Å². The molecule has 0 heterocycles. The molecule has 0 spiro atoms. The summed E-state index contributed by atoms with van der Waals surface area (Å²) in [6.45, 7) is -1.41. The molecule has 41 nitrogen and oxygen atoms in total. The van der Waals surface area contributed by atoms with Crippen LogP contribution in [0.4, 0.5) is 10.5 Å². The molecular weight excluding hydrogens is 1520 g/mol. The van der Waals surface area contributed by atoms with E-state index in [4.69, 9.17) is 15.9 Å². The van der Waals surface area contributed by atoms with Crippen LogP contribution in [0.15, 0.2) is 96.0 Å². The maximum atomic E-state index is 14.9. The van der Waals surface area contributed by atoms with Crippen molar-refractivity contribution < 1.29 is 133 Å². The molecule has 0 aromatic heterocycles. The van der Waals surface area contributed by atoms with Crippen molar-refractivity contribution in [2.45, 2.75) is 145 Å². The number of phenolic OH excluding ortho intramolecular Hbond substituents is 1. The number of carboxylic acids is 9. The number of phenols is 1. The maximum absolute atomic E-state index is 14.9. The topological polar surface area (TPSA) is 658 Å². The van der Waals surface area contributed by atoms with Crippen molar-refractivity contribution in [3.05, 3.63) is 108 Å². The molecule has 0 aliphatic carbocycles. The molecule has 4 aromatic carbocycles. The van der Waals surface area contributed by atoms with Gasteiger partial charge in [0, 0.05) is 109 Å². The fraction of sp³-hybridized carbons (Fsp3) is 0.459. The zero-order chi connectivity index (χ0) is 85.1. The number of nitrogens with one attached hydrogen (secondary N) is 10. The molecule has 0 aliphatic heterocycles. The number of carbonyl (C=O) groups is 17. The largest absolute Gasteiger partial charge is 0.508 e. The third-order valence-electron chi connectivity index (χ3n) is 17.4. The van der Waals surface area contributed by atoms with E-state index in [1.165, 1.54) is 46.2 Å². The van der Waals surface area contributed by atoms with E-state index in [-0.39, 0.29) is 135 Å². The van der Waals surface area contributed by atoms with Gasteiger partial charge in [-0.25, -0.2) is 29.0 Å². The molecule has 2 unspecified atom stereocenters. The molecule has 0 radical (unpaired) electrons. The molecule has 9 amide bonds. The first-order valence-electron chi connectivity index (χ1n) is 36.5. The van der Waals surface area contributed by atoms with Crippen LogP contribution in [0.3, 0.4) is 0 Å². The lowest BCUT2D eigenvalue weighted by Crippen LogP contribution is -2.59. The normalized spacial score (nSPS) is 13.1. The lowest BCUT2D eigenvalue weighted by Gasteiger charge is -2.27. The predicted octanol–water partition coefficient (Wildman–Crippen LogP) is -1.68. The average molecular weight is 1620 g/mol. The standard InChI is InChI=1S/C74H98N14O27/c75-48-16-11-43(12-17-48)37-55(81-61(93)23-20-50(69(105)106)77-31-33-88(42-65(100)101)35-34-87(41-64(98)99)32-30-76-40-63(96)97)66(102)83-56(38-44-13-18-49(89)19-14-44)68(104)84-57(39-45-10-15-46-6-1-2-7-47(46)36-45)67(103)82-52(71(109)110)8-3-4-28-78-58(90)25-26-59(91)79-29-5-9-51(70(107)108)80-60(92)24-21-53(72(111)112)85-74(115)86-54(73(113)114)22-27-62(94)95/h1-2,6-7,10-19,36,50,52-57,76-77,89H,3-5,8-9,20-35,37-42,75H2,(H,78,90)(H,79,91)(H,81,93)(H,82,103)(H,83,102)(H,84,104)(H,94,95)(H,96,97)(H,98,99)(H,100,101)(H,105,106)(H,107,108)(H,109,110)(H,111,112)(H,113,114)(H2,85,86,115)/t50?,52-,53+,54+,55?,56-,57-/m1/s1. The highest BCUT2D eigenvalue weighted by Crippen LogP contribution is 2.19. The van der Waals surface area contributed by atoms with E-state index < -0.39 is 194 Å². The van der Waals surface area contributed by atoms with Crippen LogP contribution in [-0.2, 0) is 96.0 Å². The molecular formula is C74H98N14O27. The number of carboxylic acid groups (broad SMARTS) is 9. The smallest absolute Gasteiger partial charge is 0.350 e. The van der Waals surface area contributed by atoms with Gasteiger partial charge in [-0.1, -0.05) is 66.7 Å². The van der Waals surface area contributed by atoms with Gasteiger partial charge in [-0.3, -0.25) is 67.3 Å². The van der Waals surface area contributed by atoms with Crippen LogP contribution < -0.4 is 58.9 Å². The molecule has 0 saturated carbocycles. The third-order valence-corrected chi connectivity index (χ3v) is 17.4. The Labute approximate surface area is 657 Å². The summed E-state index contributed by atoms with van der Waals surface area (Å²) in [7, 11) is 0. The van der Waals surface area contributed by atoms with Crippen molar-refractivity contribution in [2.24, 2.45) is 4.99 Å². The number of aliphatic imine (C=N–C) groups is 1. The predicted molar refractivity (Wildman–Crippen MR) is 406 cm³/mol. The number of nitrogen functional groups attached to an aromatic ring is 1. The molecule has 0 saturated heterocycles. The number of aromatic hydroxyl groups is 1. The molecule has 115 heavy (non-hydrogen) atoms. The molecule has 7 atom stereocenters. The van der Waals surface area contributed by atoms with Gasteiger partial charge in [-0.2, -0.15) is 0 Å². The summed E-state index contributed by atoms with van der Waals surface area (Å²) in [5.74, 6) is -18.7. The first-order chi connectivity index (χ1) is 54.5. The van der Waals surface area contributed by atoms with E-state index in [1.54, 1.807) is 36.4 Å². The van der Waals surface area contributed by atoms with Crippen LogP contribution >= 0.6 is 0 Å². The summed E-state index contributed by atoms with van der Waals surface area (Å²) >= 11 is 0. The quantitative estimate of drug-likeness (QED) is 0.0133. The van der Waals surface area contributed by atoms with E-state index in [0.29, 0.717) is 22.4 Å². The Morgan fingerprint density at radius 2 is 0.852 bits per heavy atom. The molecule has 0 fully saturated rings. The zero-order valence-electron chi connectivity index (χ0n) is 62.6. The zero-order valence-corrected chi connectivity index (χ0v) is 62.6. The Kier molecular flexibility index (Phi) is 41.4. The number of unbranched alkanes of at least 4 members (excludes halogenated alkanes) is 1. The molecule has 4 aromatic rings. The van der Waals surface area contributed by atoms with E-state index in [1.807, 2.05) is 28.8 Å². The number of aliphatic carboxylic acids is 9. The number of nitrogens with zero attached hydrogens (tertiary/aromatic N) is 3. The van der Waals surface area contributed by atoms with Crippen molar-refractivity contribution in [3.8, 4) is 5.75 Å². The number of urea groups is 1. The van der Waals surface area contributed by atoms with E-state index >= 15 is 0 Å². The number of hydrogen-bond donors (Lipinski definition) is 21. The third kappa shape index (κ3) is 38.8. The number of amides is 9. The molecule has 4 rings (SSSR count). The van der Waals surface area contributed by atoms with Gasteiger partial charge in [0.1, 0.15) is 53.8 Å². The Morgan fingerprint density at radius 3 is 1.37 bits per heavy atom. The van der Waals surface area contributed by atoms with Crippen molar-refractivity contribution in [1.82, 2.24) is 63.0 Å². The lowest BCUT2D eigenvalue weighted by atomic mass is 9.99. The second-order valence-electron chi connectivity index (χ2n) is 26.6. The van der Waals surface area contributed by atoms with Gasteiger partial charge in [0.2, 0.25) is 41.4 Å². The number of nitrogens with two attached hydrogens (primary N) is 1. The summed E-state index contributed by atoms with van der Waals surface area (Å²) in [5.41, 5.74) is 7.03. The molecule has 0 aliphatic rings. The summed E-state index contributed by atoms with van der Waals surface area (Å²) < 4.78 is 0. The van der Waals surface area contributed by atoms with Crippen molar-refractivity contribution >= 4 is 123 Å². The van der Waals surface area contributed by atoms with Crippen LogP contribution in [0, 0.1) is 0 Å². The van der Waals surface area contributed by atoms with Crippen LogP contribution in [0.5, 0.6) is 5.75 Å². The van der Waals surface area contributed by atoms with Crippen molar-refractivity contribution in [1.29, 1.82) is 0 Å². The monoisotopic (exact) mass is 1610 g/mol. The van der Waals surface area contributed by atoms with Crippen LogP contribution in [0.1, 0.15) is 100 Å². The lowest BCUT2D eigenvalue weighted by molar-refractivity contribution is -0.143. The average Bonchev–Trinajstić information content (AvgIpc) is 0.832. The molecule has 626 valence electrons. The fourth-order valence-electron chi connectivity index (χ4n) is 11.4. The van der Waals surface area contributed by atoms with Gasteiger partial charge < -0.3 is 110 Å². The fourth-order valence-corrected chi connectivity index (χ4v) is 11.4. The van der Waals surface area contributed by atoms with Gasteiger partial charge in [0.05, 0.1) is 19.6 Å². The van der Waals surface area contributed by atoms with E-state index in [0.717, 1.165) is 10.8 Å². The summed E-state index contributed by atoms with van der Waals surface area (Å²) in [5, 5.41) is 123. The highest BCUT2D eigenvalue weighted by Gasteiger charge is 2.34. The molecule has 41 heteroatoms. The Bertz CT molecular complexity index is 4070. The van der Waals surface area contributed by atoms with Crippen LogP contribution in [0.2, 0.25) is 0 Å². The van der Waals surface area contributed by atoms with Gasteiger partial charge >= 0.3 is 59.8 Å². The minimum absolute atomic E-state index is 0.00731. The van der Waals surface area contributed by atoms with Crippen molar-refractivity contribution in [3.63, 3.8) is 0 Å². The SMILES string of the molecule is Nc1ccc(CC(NC(=O)CCC(NCCN(CCN(CCNCC(=O)O)CC(=O)O)CC(=O)O)C(=O)O)C(=O)N[C@H](Cc2ccc(O)cc2)C(=O)N[C@H](Cc2ccc3ccccc3c2)C(=O)N[C@H](CCCCNC(=O)CCC(=O)NCCCC(=NC(=O)CC[C@H](NC(=O)N[C@@H](CCC(=O)O)C(=O)O)C(=O)O)C(=O)O)C(=O)O)cc1. The summed E-state index contributed by atoms with van der Waals surface area (Å²) in [4.78, 5) is 220. The van der Waals surface area contributed by atoms with E-state index in [2.05, 4.69) is 47.5 Å². The first kappa shape index (κ1) is 94.6. The Hall–Kier alpha value is -12.8. The van der Waals surface area contributed by atoms with Gasteiger partial charge in [-0.05, 0) is 103 Å². The highest BCUT2D eigenvalue weighted by atomic mass is 16.4. The summed E-state index contributed by atoms with van der Waals surface area (Å²) in [6.07, 6.45) is -5.08. The second kappa shape index (κ2) is 50.3. The maximum Gasteiger partial charge on any atom is 0.350 e. The minimum Gasteiger partial charge on any atom is -0.508 e. The Morgan fingerprint density at radius 1 is 0.391 bits per heavy atom. The summed E-state index contributed by atoms with van der Waals surface area (Å²) in [6, 6.07) is 11.9. The Balaban J connectivity index is 1.41. The number of carbonyl (C=O) groups excluding carboxylic acids is 8. The van der Waals surface area contributed by atoms with Crippen LogP contribution in [-0.4, -0.2) is 282 Å². The van der Waals surface area contributed by atoms with Crippen LogP contribution in [0.25, 0.3) is 10.8 Å². The molecule has 0 bridgehead atoms.